The van der Waals surface area contributed by atoms with Crippen LogP contribution < -0.4 is 15.6 Å². The molecule has 0 aliphatic rings. The van der Waals surface area contributed by atoms with Crippen LogP contribution in [0.2, 0.25) is 10.0 Å². The highest BCUT2D eigenvalue weighted by Gasteiger charge is 2.08. The number of nitrogens with one attached hydrogen (secondary N) is 2. The van der Waals surface area contributed by atoms with Gasteiger partial charge >= 0.3 is 0 Å². The molecule has 0 bridgehead atoms. The molecule has 24 heavy (non-hydrogen) atoms. The molecular weight excluding hydrogens is 351 g/mol. The number of halogens is 2. The first kappa shape index (κ1) is 18.1. The van der Waals surface area contributed by atoms with E-state index < -0.39 is 5.91 Å². The summed E-state index contributed by atoms with van der Waals surface area (Å²) in [6, 6.07) is 12.2. The molecule has 0 atom stereocenters. The molecule has 2 aromatic rings. The standard InChI is InChI=1S/C17H16Cl2N2O3/c1-11-3-2-4-13(7-11)24-10-17(23)21-20-16(22)9-12-5-6-14(18)15(19)8-12/h2-8H,9-10H2,1H3,(H,20,22)(H,21,23). The number of carbonyl (C=O) groups excluding carboxylic acids is 2. The van der Waals surface area contributed by atoms with E-state index in [4.69, 9.17) is 27.9 Å². The predicted molar refractivity (Wildman–Crippen MR) is 93.1 cm³/mol. The minimum absolute atomic E-state index is 0.0654. The summed E-state index contributed by atoms with van der Waals surface area (Å²) in [6.45, 7) is 1.73. The van der Waals surface area contributed by atoms with Crippen molar-refractivity contribution in [3.63, 3.8) is 0 Å². The summed E-state index contributed by atoms with van der Waals surface area (Å²) < 4.78 is 5.33. The Labute approximate surface area is 149 Å². The summed E-state index contributed by atoms with van der Waals surface area (Å²) in [7, 11) is 0. The lowest BCUT2D eigenvalue weighted by molar-refractivity contribution is -0.129. The quantitative estimate of drug-likeness (QED) is 0.799. The lowest BCUT2D eigenvalue weighted by Crippen LogP contribution is -2.44. The highest BCUT2D eigenvalue weighted by Crippen LogP contribution is 2.22. The predicted octanol–water partition coefficient (Wildman–Crippen LogP) is 3.07. The van der Waals surface area contributed by atoms with Crippen molar-refractivity contribution in [3.05, 3.63) is 63.6 Å². The van der Waals surface area contributed by atoms with Crippen LogP contribution in [0.4, 0.5) is 0 Å². The van der Waals surface area contributed by atoms with Gasteiger partial charge in [-0.05, 0) is 42.3 Å². The number of aryl methyl sites for hydroxylation is 1. The van der Waals surface area contributed by atoms with Gasteiger partial charge in [-0.1, -0.05) is 41.4 Å². The van der Waals surface area contributed by atoms with Crippen molar-refractivity contribution >= 4 is 35.0 Å². The Bertz CT molecular complexity index is 750. The second-order valence-electron chi connectivity index (χ2n) is 5.13. The van der Waals surface area contributed by atoms with Crippen molar-refractivity contribution in [2.75, 3.05) is 6.61 Å². The SMILES string of the molecule is Cc1cccc(OCC(=O)NNC(=O)Cc2ccc(Cl)c(Cl)c2)c1. The van der Waals surface area contributed by atoms with Gasteiger partial charge in [-0.15, -0.1) is 0 Å². The van der Waals surface area contributed by atoms with Crippen LogP contribution in [-0.4, -0.2) is 18.4 Å². The second kappa shape index (κ2) is 8.57. The van der Waals surface area contributed by atoms with Crippen molar-refractivity contribution in [2.24, 2.45) is 0 Å². The molecule has 2 aromatic carbocycles. The zero-order valence-corrected chi connectivity index (χ0v) is 14.4. The van der Waals surface area contributed by atoms with Crippen molar-refractivity contribution in [1.82, 2.24) is 10.9 Å². The van der Waals surface area contributed by atoms with Gasteiger partial charge in [0.1, 0.15) is 5.75 Å². The minimum Gasteiger partial charge on any atom is -0.484 e. The summed E-state index contributed by atoms with van der Waals surface area (Å²) in [5, 5.41) is 0.792. The van der Waals surface area contributed by atoms with E-state index in [2.05, 4.69) is 10.9 Å². The first-order valence-corrected chi connectivity index (χ1v) is 7.91. The summed E-state index contributed by atoms with van der Waals surface area (Å²) in [5.41, 5.74) is 6.33. The van der Waals surface area contributed by atoms with Crippen molar-refractivity contribution < 1.29 is 14.3 Å². The monoisotopic (exact) mass is 366 g/mol. The number of hydrogen-bond acceptors (Lipinski definition) is 3. The molecule has 0 saturated heterocycles. The molecule has 0 unspecified atom stereocenters. The van der Waals surface area contributed by atoms with Gasteiger partial charge in [0.25, 0.3) is 5.91 Å². The Kier molecular flexibility index (Phi) is 6.46. The number of benzene rings is 2. The van der Waals surface area contributed by atoms with Gasteiger partial charge in [0.15, 0.2) is 6.61 Å². The fraction of sp³-hybridized carbons (Fsp3) is 0.176. The highest BCUT2D eigenvalue weighted by molar-refractivity contribution is 6.42. The highest BCUT2D eigenvalue weighted by atomic mass is 35.5. The van der Waals surface area contributed by atoms with Gasteiger partial charge in [0, 0.05) is 0 Å². The molecule has 0 fully saturated rings. The molecule has 5 nitrogen and oxygen atoms in total. The van der Waals surface area contributed by atoms with Crippen LogP contribution in [0.15, 0.2) is 42.5 Å². The van der Waals surface area contributed by atoms with Gasteiger partial charge in [0.2, 0.25) is 5.91 Å². The van der Waals surface area contributed by atoms with Crippen LogP contribution in [0.3, 0.4) is 0 Å². The van der Waals surface area contributed by atoms with E-state index in [-0.39, 0.29) is 18.9 Å². The Morgan fingerprint density at radius 3 is 2.46 bits per heavy atom. The van der Waals surface area contributed by atoms with Crippen molar-refractivity contribution in [2.45, 2.75) is 13.3 Å². The Morgan fingerprint density at radius 2 is 1.75 bits per heavy atom. The topological polar surface area (TPSA) is 67.4 Å². The number of hydrazine groups is 1. The molecule has 0 spiro atoms. The molecule has 2 amide bonds. The van der Waals surface area contributed by atoms with Crippen LogP contribution in [0.1, 0.15) is 11.1 Å². The van der Waals surface area contributed by atoms with Crippen LogP contribution >= 0.6 is 23.2 Å². The van der Waals surface area contributed by atoms with Gasteiger partial charge in [-0.2, -0.15) is 0 Å². The van der Waals surface area contributed by atoms with E-state index in [1.54, 1.807) is 24.3 Å². The van der Waals surface area contributed by atoms with Crippen LogP contribution in [0.25, 0.3) is 0 Å². The zero-order chi connectivity index (χ0) is 17.5. The van der Waals surface area contributed by atoms with Gasteiger partial charge < -0.3 is 4.74 Å². The van der Waals surface area contributed by atoms with E-state index >= 15 is 0 Å². The second-order valence-corrected chi connectivity index (χ2v) is 5.94. The maximum atomic E-state index is 11.8. The molecule has 7 heteroatoms. The molecule has 2 rings (SSSR count). The zero-order valence-electron chi connectivity index (χ0n) is 12.9. The fourth-order valence-corrected chi connectivity index (χ4v) is 2.23. The maximum absolute atomic E-state index is 11.8. The summed E-state index contributed by atoms with van der Waals surface area (Å²) in [4.78, 5) is 23.5. The molecule has 0 aromatic heterocycles. The Hall–Kier alpha value is -2.24. The molecule has 126 valence electrons. The smallest absolute Gasteiger partial charge is 0.276 e. The number of amides is 2. The molecule has 0 aliphatic carbocycles. The summed E-state index contributed by atoms with van der Waals surface area (Å²) in [5.74, 6) is -0.247. The fourth-order valence-electron chi connectivity index (χ4n) is 1.91. The Balaban J connectivity index is 1.74. The van der Waals surface area contributed by atoms with E-state index in [1.165, 1.54) is 0 Å². The lowest BCUT2D eigenvalue weighted by Gasteiger charge is -2.09. The minimum atomic E-state index is -0.459. The maximum Gasteiger partial charge on any atom is 0.276 e. The molecular formula is C17H16Cl2N2O3. The summed E-state index contributed by atoms with van der Waals surface area (Å²) in [6.07, 6.45) is 0.0654. The number of carbonyl (C=O) groups is 2. The molecule has 0 saturated carbocycles. The van der Waals surface area contributed by atoms with Crippen LogP contribution in [0, 0.1) is 6.92 Å². The number of ether oxygens (including phenoxy) is 1. The average molecular weight is 367 g/mol. The third-order valence-corrected chi connectivity index (χ3v) is 3.79. The summed E-state index contributed by atoms with van der Waals surface area (Å²) >= 11 is 11.7. The number of hydrogen-bond donors (Lipinski definition) is 2. The van der Waals surface area contributed by atoms with Crippen molar-refractivity contribution in [1.29, 1.82) is 0 Å². The average Bonchev–Trinajstić information content (AvgIpc) is 2.54. The Morgan fingerprint density at radius 1 is 1.00 bits per heavy atom. The first-order chi connectivity index (χ1) is 11.4. The number of rotatable bonds is 5. The van der Waals surface area contributed by atoms with Crippen molar-refractivity contribution in [3.8, 4) is 5.75 Å². The van der Waals surface area contributed by atoms with Crippen LogP contribution in [-0.2, 0) is 16.0 Å². The van der Waals surface area contributed by atoms with Gasteiger partial charge in [-0.3, -0.25) is 20.4 Å². The molecule has 0 radical (unpaired) electrons. The molecule has 2 N–H and O–H groups in total. The normalized spacial score (nSPS) is 10.1. The van der Waals surface area contributed by atoms with E-state index in [0.717, 1.165) is 5.56 Å². The lowest BCUT2D eigenvalue weighted by atomic mass is 10.1. The van der Waals surface area contributed by atoms with Gasteiger partial charge in [-0.25, -0.2) is 0 Å². The molecule has 0 heterocycles. The first-order valence-electron chi connectivity index (χ1n) is 7.15. The third-order valence-electron chi connectivity index (χ3n) is 3.05. The molecule has 0 aliphatic heterocycles. The van der Waals surface area contributed by atoms with Gasteiger partial charge in [0.05, 0.1) is 16.5 Å². The van der Waals surface area contributed by atoms with E-state index in [1.807, 2.05) is 25.1 Å². The third kappa shape index (κ3) is 5.76. The van der Waals surface area contributed by atoms with Crippen LogP contribution in [0.5, 0.6) is 5.75 Å². The largest absolute Gasteiger partial charge is 0.484 e. The van der Waals surface area contributed by atoms with E-state index in [9.17, 15) is 9.59 Å². The van der Waals surface area contributed by atoms with E-state index in [0.29, 0.717) is 21.4 Å².